The Balaban J connectivity index is 1.66. The van der Waals surface area contributed by atoms with Crippen LogP contribution in [0.15, 0.2) is 73.6 Å². The van der Waals surface area contributed by atoms with Gasteiger partial charge in [0.25, 0.3) is 0 Å². The molecule has 0 amide bonds. The molecule has 0 N–H and O–H groups in total. The second-order valence-electron chi connectivity index (χ2n) is 4.96. The Morgan fingerprint density at radius 3 is 1.65 bits per heavy atom. The van der Waals surface area contributed by atoms with Crippen LogP contribution in [0.25, 0.3) is 0 Å². The fourth-order valence-corrected chi connectivity index (χ4v) is 2.07. The van der Waals surface area contributed by atoms with Crippen LogP contribution in [0.4, 0.5) is 0 Å². The van der Waals surface area contributed by atoms with Crippen molar-refractivity contribution in [3.05, 3.63) is 90.3 Å². The normalized spacial score (nSPS) is 10.8. The summed E-state index contributed by atoms with van der Waals surface area (Å²) < 4.78 is 11.8. The van der Waals surface area contributed by atoms with Gasteiger partial charge in [0.05, 0.1) is 13.2 Å². The average Bonchev–Trinajstić information content (AvgIpc) is 2.64. The first-order valence-electron chi connectivity index (χ1n) is 7.33. The van der Waals surface area contributed by atoms with Gasteiger partial charge in [0.15, 0.2) is 6.29 Å². The highest BCUT2D eigenvalue weighted by Crippen LogP contribution is 2.21. The van der Waals surface area contributed by atoms with Gasteiger partial charge in [-0.15, -0.1) is 0 Å². The Hall–Kier alpha value is -2.63. The monoisotopic (exact) mass is 307 g/mol. The molecule has 0 saturated heterocycles. The van der Waals surface area contributed by atoms with Crippen molar-refractivity contribution in [1.29, 1.82) is 0 Å². The zero-order chi connectivity index (χ0) is 15.7. The van der Waals surface area contributed by atoms with Gasteiger partial charge in [0.1, 0.15) is 0 Å². The van der Waals surface area contributed by atoms with Gasteiger partial charge in [-0.3, -0.25) is 15.0 Å². The molecule has 5 heteroatoms. The number of hydrogen-bond donors (Lipinski definition) is 0. The minimum atomic E-state index is -0.496. The lowest BCUT2D eigenvalue weighted by Gasteiger charge is -2.18. The lowest BCUT2D eigenvalue weighted by atomic mass is 10.2. The number of hydrogen-bond acceptors (Lipinski definition) is 5. The second kappa shape index (κ2) is 8.12. The van der Waals surface area contributed by atoms with Crippen LogP contribution in [0.3, 0.4) is 0 Å². The first-order chi connectivity index (χ1) is 11.4. The van der Waals surface area contributed by atoms with Gasteiger partial charge in [0, 0.05) is 42.7 Å². The first-order valence-corrected chi connectivity index (χ1v) is 7.33. The van der Waals surface area contributed by atoms with E-state index >= 15 is 0 Å². The van der Waals surface area contributed by atoms with Crippen LogP contribution >= 0.6 is 0 Å². The third kappa shape index (κ3) is 4.67. The summed E-state index contributed by atoms with van der Waals surface area (Å²) in [6.45, 7) is 0.834. The molecule has 23 heavy (non-hydrogen) atoms. The van der Waals surface area contributed by atoms with Crippen LogP contribution in [0.1, 0.15) is 23.0 Å². The zero-order valence-corrected chi connectivity index (χ0v) is 12.6. The molecule has 0 fully saturated rings. The molecule has 0 aliphatic heterocycles. The molecular formula is C18H17N3O2. The summed E-state index contributed by atoms with van der Waals surface area (Å²) in [5.41, 5.74) is 2.86. The Labute approximate surface area is 135 Å². The SMILES string of the molecule is c1cncc(COC(OCc2cccnc2)c2cccnc2)c1. The molecule has 0 saturated carbocycles. The summed E-state index contributed by atoms with van der Waals surface area (Å²) in [6.07, 6.45) is 10.0. The van der Waals surface area contributed by atoms with Gasteiger partial charge < -0.3 is 9.47 Å². The number of aromatic nitrogens is 3. The molecule has 116 valence electrons. The Kier molecular flexibility index (Phi) is 5.39. The predicted octanol–water partition coefficient (Wildman–Crippen LogP) is 3.30. The predicted molar refractivity (Wildman–Crippen MR) is 85.0 cm³/mol. The molecule has 0 aliphatic carbocycles. The van der Waals surface area contributed by atoms with E-state index in [1.54, 1.807) is 37.2 Å². The summed E-state index contributed by atoms with van der Waals surface area (Å²) in [4.78, 5) is 12.3. The first kappa shape index (κ1) is 15.3. The van der Waals surface area contributed by atoms with Crippen molar-refractivity contribution in [1.82, 2.24) is 15.0 Å². The van der Waals surface area contributed by atoms with E-state index in [1.165, 1.54) is 0 Å². The number of nitrogens with zero attached hydrogens (tertiary/aromatic N) is 3. The van der Waals surface area contributed by atoms with Crippen LogP contribution in [-0.2, 0) is 22.7 Å². The van der Waals surface area contributed by atoms with Gasteiger partial charge in [-0.1, -0.05) is 18.2 Å². The highest BCUT2D eigenvalue weighted by atomic mass is 16.7. The number of pyridine rings is 3. The van der Waals surface area contributed by atoms with Crippen molar-refractivity contribution < 1.29 is 9.47 Å². The second-order valence-corrected chi connectivity index (χ2v) is 4.96. The minimum Gasteiger partial charge on any atom is -0.344 e. The maximum absolute atomic E-state index is 5.91. The summed E-state index contributed by atoms with van der Waals surface area (Å²) in [7, 11) is 0. The smallest absolute Gasteiger partial charge is 0.186 e. The fraction of sp³-hybridized carbons (Fsp3) is 0.167. The van der Waals surface area contributed by atoms with Crippen molar-refractivity contribution in [3.63, 3.8) is 0 Å². The molecule has 0 spiro atoms. The summed E-state index contributed by atoms with van der Waals surface area (Å²) in [5.74, 6) is 0. The molecule has 0 aromatic carbocycles. The van der Waals surface area contributed by atoms with Crippen molar-refractivity contribution in [2.24, 2.45) is 0 Å². The van der Waals surface area contributed by atoms with Crippen LogP contribution in [0.5, 0.6) is 0 Å². The van der Waals surface area contributed by atoms with E-state index < -0.39 is 6.29 Å². The topological polar surface area (TPSA) is 57.1 Å². The summed E-state index contributed by atoms with van der Waals surface area (Å²) in [5, 5.41) is 0. The fourth-order valence-electron chi connectivity index (χ4n) is 2.07. The van der Waals surface area contributed by atoms with E-state index in [4.69, 9.17) is 9.47 Å². The standard InChI is InChI=1S/C18H17N3O2/c1-4-15(10-19-7-1)13-22-18(17-6-3-9-21-12-17)23-14-16-5-2-8-20-11-16/h1-12,18H,13-14H2. The third-order valence-corrected chi connectivity index (χ3v) is 3.20. The van der Waals surface area contributed by atoms with E-state index in [0.29, 0.717) is 13.2 Å². The lowest BCUT2D eigenvalue weighted by Crippen LogP contribution is -2.10. The Morgan fingerprint density at radius 1 is 0.696 bits per heavy atom. The molecular weight excluding hydrogens is 290 g/mol. The van der Waals surface area contributed by atoms with Crippen molar-refractivity contribution >= 4 is 0 Å². The van der Waals surface area contributed by atoms with Gasteiger partial charge in [0.2, 0.25) is 0 Å². The highest BCUT2D eigenvalue weighted by molar-refractivity contribution is 5.12. The van der Waals surface area contributed by atoms with E-state index in [2.05, 4.69) is 15.0 Å². The molecule has 5 nitrogen and oxygen atoms in total. The molecule has 0 aliphatic rings. The molecule has 3 aromatic rings. The van der Waals surface area contributed by atoms with Gasteiger partial charge in [-0.2, -0.15) is 0 Å². The largest absolute Gasteiger partial charge is 0.344 e. The third-order valence-electron chi connectivity index (χ3n) is 3.20. The van der Waals surface area contributed by atoms with Crippen molar-refractivity contribution in [2.45, 2.75) is 19.5 Å². The van der Waals surface area contributed by atoms with E-state index in [1.807, 2.05) is 36.4 Å². The molecule has 3 rings (SSSR count). The molecule has 0 atom stereocenters. The van der Waals surface area contributed by atoms with Crippen molar-refractivity contribution in [3.8, 4) is 0 Å². The van der Waals surface area contributed by atoms with Gasteiger partial charge >= 0.3 is 0 Å². The van der Waals surface area contributed by atoms with Crippen LogP contribution in [0, 0.1) is 0 Å². The van der Waals surface area contributed by atoms with Gasteiger partial charge in [-0.25, -0.2) is 0 Å². The van der Waals surface area contributed by atoms with E-state index in [0.717, 1.165) is 16.7 Å². The minimum absolute atomic E-state index is 0.417. The van der Waals surface area contributed by atoms with Crippen LogP contribution in [0.2, 0.25) is 0 Å². The highest BCUT2D eigenvalue weighted by Gasteiger charge is 2.13. The van der Waals surface area contributed by atoms with Crippen LogP contribution in [-0.4, -0.2) is 15.0 Å². The summed E-state index contributed by atoms with van der Waals surface area (Å²) >= 11 is 0. The van der Waals surface area contributed by atoms with Crippen LogP contribution < -0.4 is 0 Å². The van der Waals surface area contributed by atoms with Gasteiger partial charge in [-0.05, 0) is 29.3 Å². The maximum Gasteiger partial charge on any atom is 0.186 e. The van der Waals surface area contributed by atoms with Crippen molar-refractivity contribution in [2.75, 3.05) is 0 Å². The Morgan fingerprint density at radius 2 is 1.22 bits per heavy atom. The van der Waals surface area contributed by atoms with E-state index in [-0.39, 0.29) is 0 Å². The quantitative estimate of drug-likeness (QED) is 0.627. The average molecular weight is 307 g/mol. The maximum atomic E-state index is 5.91. The number of rotatable bonds is 7. The molecule has 0 unspecified atom stereocenters. The molecule has 0 bridgehead atoms. The number of ether oxygens (including phenoxy) is 2. The summed E-state index contributed by atoms with van der Waals surface area (Å²) in [6, 6.07) is 11.5. The van der Waals surface area contributed by atoms with E-state index in [9.17, 15) is 0 Å². The Bertz CT molecular complexity index is 650. The molecule has 0 radical (unpaired) electrons. The zero-order valence-electron chi connectivity index (χ0n) is 12.6. The molecule has 3 heterocycles. The lowest BCUT2D eigenvalue weighted by molar-refractivity contribution is -0.161. The molecule has 3 aromatic heterocycles.